The molecule has 0 rings (SSSR count). The van der Waals surface area contributed by atoms with Crippen molar-refractivity contribution in [3.63, 3.8) is 0 Å². The fourth-order valence-electron chi connectivity index (χ4n) is 1.65. The molecule has 0 radical (unpaired) electrons. The van der Waals surface area contributed by atoms with Gasteiger partial charge in [-0.25, -0.2) is 8.42 Å². The summed E-state index contributed by atoms with van der Waals surface area (Å²) in [5.74, 6) is -2.74. The van der Waals surface area contributed by atoms with Gasteiger partial charge in [-0.2, -0.15) is 0 Å². The van der Waals surface area contributed by atoms with E-state index < -0.39 is 33.7 Å². The number of rotatable bonds is 10. The van der Waals surface area contributed by atoms with Gasteiger partial charge in [-0.15, -0.1) is 0 Å². The van der Waals surface area contributed by atoms with E-state index in [2.05, 4.69) is 0 Å². The van der Waals surface area contributed by atoms with E-state index in [0.717, 1.165) is 25.7 Å². The van der Waals surface area contributed by atoms with Crippen LogP contribution in [0.2, 0.25) is 0 Å². The Morgan fingerprint density at radius 3 is 2.24 bits per heavy atom. The Labute approximate surface area is 147 Å². The monoisotopic (exact) mass is 332 g/mol. The molecule has 0 heterocycles. The predicted octanol–water partition coefficient (Wildman–Crippen LogP) is -1.86. The first-order valence-electron chi connectivity index (χ1n) is 6.55. The van der Waals surface area contributed by atoms with Gasteiger partial charge in [0.2, 0.25) is 0 Å². The van der Waals surface area contributed by atoms with Crippen LogP contribution in [0.5, 0.6) is 0 Å². The number of hydrogen-bond acceptors (Lipinski definition) is 6. The van der Waals surface area contributed by atoms with E-state index in [-0.39, 0.29) is 42.1 Å². The van der Waals surface area contributed by atoms with Gasteiger partial charge < -0.3 is 14.4 Å². The van der Waals surface area contributed by atoms with Crippen molar-refractivity contribution >= 4 is 22.1 Å². The maximum absolute atomic E-state index is 11.6. The largest absolute Gasteiger partial charge is 1.00 e. The number of aliphatic carboxylic acids is 1. The molecule has 0 bridgehead atoms. The number of carboxylic acid groups (broad SMARTS) is 1. The maximum atomic E-state index is 11.6. The van der Waals surface area contributed by atoms with Crippen LogP contribution >= 0.6 is 0 Å². The third-order valence-corrected chi connectivity index (χ3v) is 4.03. The molecule has 0 saturated heterocycles. The zero-order valence-corrected chi connectivity index (χ0v) is 15.5. The molecular weight excluding hydrogens is 311 g/mol. The van der Waals surface area contributed by atoms with Gasteiger partial charge in [0.05, 0.1) is 13.0 Å². The van der Waals surface area contributed by atoms with E-state index in [1.807, 2.05) is 13.8 Å². The molecule has 0 spiro atoms. The standard InChI is InChI=1S/C12H22O7S.Na/c1-3-5-6-9(4-2)8-19-12(15)10(7-11(13)14)20(16,17)18;/h9-10H,3-8H2,1-2H3,(H,13,14)(H,16,17,18);/q;+1/p-1. The topological polar surface area (TPSA) is 121 Å². The third kappa shape index (κ3) is 10.2. The summed E-state index contributed by atoms with van der Waals surface area (Å²) in [7, 11) is -5.04. The van der Waals surface area contributed by atoms with Gasteiger partial charge in [0, 0.05) is 0 Å². The summed E-state index contributed by atoms with van der Waals surface area (Å²) in [5, 5.41) is 6.35. The Hall–Kier alpha value is -0.150. The van der Waals surface area contributed by atoms with Crippen LogP contribution in [0.1, 0.15) is 46.0 Å². The molecular formula is C12H21NaO7S. The number of carboxylic acids is 1. The van der Waals surface area contributed by atoms with Crippen LogP contribution in [0.25, 0.3) is 0 Å². The SMILES string of the molecule is CCCCC(CC)COC(=O)C(CC(=O)O)S(=O)(=O)[O-].[Na+]. The minimum atomic E-state index is -5.04. The van der Waals surface area contributed by atoms with Crippen LogP contribution in [-0.2, 0) is 24.4 Å². The number of hydrogen-bond donors (Lipinski definition) is 1. The van der Waals surface area contributed by atoms with Crippen molar-refractivity contribution < 1.29 is 62.0 Å². The molecule has 9 heteroatoms. The summed E-state index contributed by atoms with van der Waals surface area (Å²) >= 11 is 0. The molecule has 0 saturated carbocycles. The van der Waals surface area contributed by atoms with Gasteiger partial charge in [-0.3, -0.25) is 9.59 Å². The summed E-state index contributed by atoms with van der Waals surface area (Å²) in [6.45, 7) is 3.93. The van der Waals surface area contributed by atoms with Crippen molar-refractivity contribution in [2.45, 2.75) is 51.2 Å². The van der Waals surface area contributed by atoms with Gasteiger partial charge in [0.15, 0.2) is 5.25 Å². The van der Waals surface area contributed by atoms with Crippen LogP contribution in [0.3, 0.4) is 0 Å². The Kier molecular flexibility index (Phi) is 12.6. The molecule has 118 valence electrons. The van der Waals surface area contributed by atoms with Crippen LogP contribution in [0.15, 0.2) is 0 Å². The number of ether oxygens (including phenoxy) is 1. The van der Waals surface area contributed by atoms with Gasteiger partial charge >= 0.3 is 41.5 Å². The number of carbonyl (C=O) groups excluding carboxylic acids is 1. The molecule has 0 aliphatic rings. The van der Waals surface area contributed by atoms with Crippen molar-refractivity contribution in [1.82, 2.24) is 0 Å². The van der Waals surface area contributed by atoms with E-state index in [0.29, 0.717) is 0 Å². The molecule has 0 aliphatic heterocycles. The molecule has 0 aromatic carbocycles. The molecule has 0 aliphatic carbocycles. The van der Waals surface area contributed by atoms with Crippen LogP contribution < -0.4 is 29.6 Å². The zero-order chi connectivity index (χ0) is 15.8. The Bertz CT molecular complexity index is 421. The minimum Gasteiger partial charge on any atom is -0.747 e. The summed E-state index contributed by atoms with van der Waals surface area (Å²) in [5.41, 5.74) is 0. The van der Waals surface area contributed by atoms with E-state index in [9.17, 15) is 22.6 Å². The minimum absolute atomic E-state index is 0. The summed E-state index contributed by atoms with van der Waals surface area (Å²) in [4.78, 5) is 22.0. The average Bonchev–Trinajstić information content (AvgIpc) is 2.34. The average molecular weight is 332 g/mol. The predicted molar refractivity (Wildman–Crippen MR) is 70.0 cm³/mol. The second-order valence-electron chi connectivity index (χ2n) is 4.63. The van der Waals surface area contributed by atoms with Crippen molar-refractivity contribution in [3.05, 3.63) is 0 Å². The van der Waals surface area contributed by atoms with Gasteiger partial charge in [0.25, 0.3) is 0 Å². The quantitative estimate of drug-likeness (QED) is 0.283. The second kappa shape index (κ2) is 11.4. The Morgan fingerprint density at radius 1 is 1.29 bits per heavy atom. The zero-order valence-electron chi connectivity index (χ0n) is 12.7. The van der Waals surface area contributed by atoms with Crippen LogP contribution in [0, 0.1) is 5.92 Å². The maximum Gasteiger partial charge on any atom is 1.00 e. The van der Waals surface area contributed by atoms with Gasteiger partial charge in [0.1, 0.15) is 10.1 Å². The smallest absolute Gasteiger partial charge is 0.747 e. The summed E-state index contributed by atoms with van der Waals surface area (Å²) in [6.07, 6.45) is 2.45. The molecule has 0 aromatic rings. The second-order valence-corrected chi connectivity index (χ2v) is 6.18. The summed E-state index contributed by atoms with van der Waals surface area (Å²) < 4.78 is 37.4. The van der Waals surface area contributed by atoms with Crippen molar-refractivity contribution in [1.29, 1.82) is 0 Å². The van der Waals surface area contributed by atoms with Gasteiger partial charge in [-0.1, -0.05) is 33.1 Å². The fraction of sp³-hybridized carbons (Fsp3) is 0.833. The van der Waals surface area contributed by atoms with Crippen molar-refractivity contribution in [2.75, 3.05) is 6.61 Å². The first-order valence-corrected chi connectivity index (χ1v) is 8.02. The van der Waals surface area contributed by atoms with E-state index >= 15 is 0 Å². The first kappa shape index (κ1) is 23.1. The molecule has 1 N–H and O–H groups in total. The summed E-state index contributed by atoms with van der Waals surface area (Å²) in [6, 6.07) is 0. The molecule has 2 atom stereocenters. The first-order chi connectivity index (χ1) is 9.22. The van der Waals surface area contributed by atoms with E-state index in [1.54, 1.807) is 0 Å². The molecule has 0 amide bonds. The normalized spacial score (nSPS) is 13.9. The van der Waals surface area contributed by atoms with Crippen LogP contribution in [0.4, 0.5) is 0 Å². The molecule has 7 nitrogen and oxygen atoms in total. The molecule has 2 unspecified atom stereocenters. The number of carbonyl (C=O) groups is 2. The van der Waals surface area contributed by atoms with Crippen LogP contribution in [-0.4, -0.2) is 41.9 Å². The fourth-order valence-corrected chi connectivity index (χ4v) is 2.30. The Morgan fingerprint density at radius 2 is 1.86 bits per heavy atom. The van der Waals surface area contributed by atoms with E-state index in [4.69, 9.17) is 9.84 Å². The molecule has 0 fully saturated rings. The number of unbranched alkanes of at least 4 members (excludes halogenated alkanes) is 1. The third-order valence-electron chi connectivity index (χ3n) is 2.98. The van der Waals surface area contributed by atoms with E-state index in [1.165, 1.54) is 0 Å². The number of esters is 1. The molecule has 0 aromatic heterocycles. The van der Waals surface area contributed by atoms with Crippen molar-refractivity contribution in [2.24, 2.45) is 5.92 Å². The van der Waals surface area contributed by atoms with Gasteiger partial charge in [-0.05, 0) is 12.3 Å². The Balaban J connectivity index is 0. The van der Waals surface area contributed by atoms with Crippen molar-refractivity contribution in [3.8, 4) is 0 Å². The molecule has 21 heavy (non-hydrogen) atoms.